The van der Waals surface area contributed by atoms with Gasteiger partial charge in [-0.2, -0.15) is 0 Å². The highest BCUT2D eigenvalue weighted by atomic mass is 15.6. The van der Waals surface area contributed by atoms with E-state index in [-0.39, 0.29) is 0 Å². The quantitative estimate of drug-likeness (QED) is 0.812. The normalized spacial score (nSPS) is 30.7. The minimum Gasteiger partial charge on any atom is -0.314 e. The third-order valence-electron chi connectivity index (χ3n) is 3.79. The van der Waals surface area contributed by atoms with Crippen LogP contribution < -0.4 is 5.32 Å². The number of aromatic nitrogens is 4. The first-order valence-corrected chi connectivity index (χ1v) is 6.49. The van der Waals surface area contributed by atoms with Crippen molar-refractivity contribution in [3.8, 4) is 0 Å². The Morgan fingerprint density at radius 1 is 1.24 bits per heavy atom. The van der Waals surface area contributed by atoms with Crippen molar-refractivity contribution in [1.82, 2.24) is 30.4 Å². The van der Waals surface area contributed by atoms with Crippen molar-refractivity contribution in [3.05, 3.63) is 5.82 Å². The molecule has 1 saturated carbocycles. The van der Waals surface area contributed by atoms with Crippen molar-refractivity contribution in [1.29, 1.82) is 0 Å². The van der Waals surface area contributed by atoms with Crippen LogP contribution in [0.15, 0.2) is 0 Å². The number of rotatable bonds is 3. The van der Waals surface area contributed by atoms with Gasteiger partial charge in [-0.1, -0.05) is 0 Å². The summed E-state index contributed by atoms with van der Waals surface area (Å²) in [4.78, 5) is 2.49. The van der Waals surface area contributed by atoms with Crippen molar-refractivity contribution in [2.24, 2.45) is 0 Å². The maximum atomic E-state index is 4.18. The van der Waals surface area contributed by atoms with E-state index in [4.69, 9.17) is 0 Å². The van der Waals surface area contributed by atoms with Crippen molar-refractivity contribution >= 4 is 0 Å². The molecule has 1 saturated heterocycles. The zero-order valence-corrected chi connectivity index (χ0v) is 10.5. The van der Waals surface area contributed by atoms with E-state index in [2.05, 4.69) is 39.6 Å². The molecule has 1 aliphatic heterocycles. The highest BCUT2D eigenvalue weighted by molar-refractivity contribution is 4.93. The van der Waals surface area contributed by atoms with Gasteiger partial charge in [0, 0.05) is 25.2 Å². The third kappa shape index (κ3) is 2.19. The Hall–Kier alpha value is -1.01. The second kappa shape index (κ2) is 4.34. The standard InChI is InChI=1S/C11H20N6/c1-8-5-12-6-9(2)16(8)7-11-13-14-15-17(11)10-3-4-10/h8-10,12H,3-7H2,1-2H3. The summed E-state index contributed by atoms with van der Waals surface area (Å²) in [5, 5.41) is 15.6. The lowest BCUT2D eigenvalue weighted by Gasteiger charge is -2.38. The zero-order chi connectivity index (χ0) is 11.8. The molecule has 2 fully saturated rings. The van der Waals surface area contributed by atoms with Crippen LogP contribution in [0.25, 0.3) is 0 Å². The summed E-state index contributed by atoms with van der Waals surface area (Å²) in [6.07, 6.45) is 2.45. The fourth-order valence-corrected chi connectivity index (χ4v) is 2.56. The Balaban J connectivity index is 1.74. The minimum absolute atomic E-state index is 0.545. The van der Waals surface area contributed by atoms with Gasteiger partial charge in [0.05, 0.1) is 12.6 Å². The molecule has 6 heteroatoms. The predicted octanol–water partition coefficient (Wildman–Crippen LogP) is 0.190. The first-order valence-electron chi connectivity index (χ1n) is 6.49. The van der Waals surface area contributed by atoms with E-state index in [9.17, 15) is 0 Å². The topological polar surface area (TPSA) is 58.9 Å². The van der Waals surface area contributed by atoms with Gasteiger partial charge in [-0.25, -0.2) is 4.68 Å². The van der Waals surface area contributed by atoms with Gasteiger partial charge in [0.2, 0.25) is 0 Å². The van der Waals surface area contributed by atoms with Gasteiger partial charge in [0.25, 0.3) is 0 Å². The molecule has 0 radical (unpaired) electrons. The van der Waals surface area contributed by atoms with Gasteiger partial charge in [-0.3, -0.25) is 4.90 Å². The van der Waals surface area contributed by atoms with Gasteiger partial charge in [-0.05, 0) is 37.1 Å². The molecule has 1 aromatic rings. The van der Waals surface area contributed by atoms with Crippen LogP contribution in [-0.2, 0) is 6.54 Å². The Bertz CT molecular complexity index is 375. The van der Waals surface area contributed by atoms with Gasteiger partial charge >= 0.3 is 0 Å². The molecule has 0 spiro atoms. The number of tetrazole rings is 1. The Morgan fingerprint density at radius 3 is 2.59 bits per heavy atom. The average molecular weight is 236 g/mol. The summed E-state index contributed by atoms with van der Waals surface area (Å²) < 4.78 is 2.02. The largest absolute Gasteiger partial charge is 0.314 e. The van der Waals surface area contributed by atoms with E-state index < -0.39 is 0 Å². The second-order valence-corrected chi connectivity index (χ2v) is 5.30. The Morgan fingerprint density at radius 2 is 1.94 bits per heavy atom. The Labute approximate surface area is 101 Å². The lowest BCUT2D eigenvalue weighted by molar-refractivity contribution is 0.103. The van der Waals surface area contributed by atoms with E-state index in [1.807, 2.05) is 4.68 Å². The molecule has 94 valence electrons. The van der Waals surface area contributed by atoms with Gasteiger partial charge in [0.1, 0.15) is 0 Å². The van der Waals surface area contributed by atoms with E-state index in [1.165, 1.54) is 12.8 Å². The molecule has 6 nitrogen and oxygen atoms in total. The second-order valence-electron chi connectivity index (χ2n) is 5.30. The summed E-state index contributed by atoms with van der Waals surface area (Å²) in [6.45, 7) is 7.49. The van der Waals surface area contributed by atoms with E-state index in [0.29, 0.717) is 18.1 Å². The summed E-state index contributed by atoms with van der Waals surface area (Å²) in [6, 6.07) is 1.65. The molecular formula is C11H20N6. The lowest BCUT2D eigenvalue weighted by atomic mass is 10.1. The molecule has 0 bridgehead atoms. The molecule has 2 heterocycles. The van der Waals surface area contributed by atoms with Crippen LogP contribution in [0, 0.1) is 0 Å². The van der Waals surface area contributed by atoms with Crippen LogP contribution in [0.2, 0.25) is 0 Å². The van der Waals surface area contributed by atoms with Crippen LogP contribution in [0.5, 0.6) is 0 Å². The van der Waals surface area contributed by atoms with Gasteiger partial charge in [0.15, 0.2) is 5.82 Å². The maximum Gasteiger partial charge on any atom is 0.165 e. The molecule has 1 aromatic heterocycles. The molecule has 2 unspecified atom stereocenters. The lowest BCUT2D eigenvalue weighted by Crippen LogP contribution is -2.54. The molecule has 0 aromatic carbocycles. The third-order valence-corrected chi connectivity index (χ3v) is 3.79. The molecule has 17 heavy (non-hydrogen) atoms. The van der Waals surface area contributed by atoms with E-state index in [0.717, 1.165) is 25.5 Å². The number of hydrogen-bond donors (Lipinski definition) is 1. The van der Waals surface area contributed by atoms with Crippen LogP contribution in [0.4, 0.5) is 0 Å². The van der Waals surface area contributed by atoms with Crippen LogP contribution >= 0.6 is 0 Å². The maximum absolute atomic E-state index is 4.18. The number of nitrogens with one attached hydrogen (secondary N) is 1. The molecule has 2 atom stereocenters. The smallest absolute Gasteiger partial charge is 0.165 e. The monoisotopic (exact) mass is 236 g/mol. The van der Waals surface area contributed by atoms with E-state index >= 15 is 0 Å². The number of hydrogen-bond acceptors (Lipinski definition) is 5. The molecule has 0 amide bonds. The SMILES string of the molecule is CC1CNCC(C)N1Cc1nnnn1C1CC1. The van der Waals surface area contributed by atoms with Gasteiger partial charge in [-0.15, -0.1) is 5.10 Å². The first-order chi connectivity index (χ1) is 8.25. The van der Waals surface area contributed by atoms with Crippen LogP contribution in [0.1, 0.15) is 38.6 Å². The molecule has 1 N–H and O–H groups in total. The summed E-state index contributed by atoms with van der Waals surface area (Å²) in [5.41, 5.74) is 0. The molecule has 2 aliphatic rings. The highest BCUT2D eigenvalue weighted by Gasteiger charge is 2.31. The summed E-state index contributed by atoms with van der Waals surface area (Å²) in [5.74, 6) is 1.02. The Kier molecular flexibility index (Phi) is 2.84. The number of piperazine rings is 1. The van der Waals surface area contributed by atoms with E-state index in [1.54, 1.807) is 0 Å². The zero-order valence-electron chi connectivity index (χ0n) is 10.5. The predicted molar refractivity (Wildman–Crippen MR) is 63.4 cm³/mol. The van der Waals surface area contributed by atoms with Crippen molar-refractivity contribution in [2.45, 2.75) is 51.4 Å². The summed E-state index contributed by atoms with van der Waals surface area (Å²) >= 11 is 0. The van der Waals surface area contributed by atoms with Crippen molar-refractivity contribution in [2.75, 3.05) is 13.1 Å². The molecular weight excluding hydrogens is 216 g/mol. The van der Waals surface area contributed by atoms with Gasteiger partial charge < -0.3 is 5.32 Å². The van der Waals surface area contributed by atoms with Crippen LogP contribution in [-0.4, -0.2) is 50.3 Å². The first kappa shape index (κ1) is 11.1. The van der Waals surface area contributed by atoms with Crippen molar-refractivity contribution < 1.29 is 0 Å². The fraction of sp³-hybridized carbons (Fsp3) is 0.909. The van der Waals surface area contributed by atoms with Crippen molar-refractivity contribution in [3.63, 3.8) is 0 Å². The minimum atomic E-state index is 0.545. The molecule has 3 rings (SSSR count). The average Bonchev–Trinajstić information content (AvgIpc) is 3.04. The fourth-order valence-electron chi connectivity index (χ4n) is 2.56. The molecule has 1 aliphatic carbocycles. The number of nitrogens with zero attached hydrogens (tertiary/aromatic N) is 5. The van der Waals surface area contributed by atoms with Crippen LogP contribution in [0.3, 0.4) is 0 Å². The highest BCUT2D eigenvalue weighted by Crippen LogP contribution is 2.34. The summed E-state index contributed by atoms with van der Waals surface area (Å²) in [7, 11) is 0.